The van der Waals surface area contributed by atoms with E-state index in [0.29, 0.717) is 12.6 Å². The van der Waals surface area contributed by atoms with Gasteiger partial charge in [0.15, 0.2) is 0 Å². The van der Waals surface area contributed by atoms with Crippen LogP contribution in [0, 0.1) is 0 Å². The van der Waals surface area contributed by atoms with Gasteiger partial charge >= 0.3 is 0 Å². The van der Waals surface area contributed by atoms with Crippen LogP contribution in [0.4, 0.5) is 5.69 Å². The molecular weight excluding hydrogens is 232 g/mol. The summed E-state index contributed by atoms with van der Waals surface area (Å²) in [7, 11) is 1.69. The van der Waals surface area contributed by atoms with Crippen LogP contribution in [-0.2, 0) is 0 Å². The predicted molar refractivity (Wildman–Crippen MR) is 77.1 cm³/mol. The fourth-order valence-electron chi connectivity index (χ4n) is 1.60. The van der Waals surface area contributed by atoms with Crippen molar-refractivity contribution in [2.75, 3.05) is 30.5 Å². The molecule has 0 amide bonds. The van der Waals surface area contributed by atoms with Crippen molar-refractivity contribution in [3.05, 3.63) is 24.3 Å². The van der Waals surface area contributed by atoms with Crippen molar-refractivity contribution in [1.82, 2.24) is 0 Å². The standard InChI is InChI=1S/C13H22N2OS/c1-3-17-9-8-11(10-14)15-12-6-4-5-7-13(12)16-2/h4-7,11,15H,3,8-10,14H2,1-2H3. The van der Waals surface area contributed by atoms with Gasteiger partial charge in [-0.15, -0.1) is 0 Å². The molecule has 0 radical (unpaired) electrons. The summed E-state index contributed by atoms with van der Waals surface area (Å²) in [4.78, 5) is 0. The van der Waals surface area contributed by atoms with Crippen molar-refractivity contribution < 1.29 is 4.74 Å². The molecular formula is C13H22N2OS. The third kappa shape index (κ3) is 4.88. The quantitative estimate of drug-likeness (QED) is 0.700. The van der Waals surface area contributed by atoms with Crippen LogP contribution in [0.1, 0.15) is 13.3 Å². The molecule has 1 atom stereocenters. The zero-order valence-electron chi connectivity index (χ0n) is 10.6. The molecule has 17 heavy (non-hydrogen) atoms. The fourth-order valence-corrected chi connectivity index (χ4v) is 2.34. The van der Waals surface area contributed by atoms with Gasteiger partial charge in [-0.3, -0.25) is 0 Å². The number of hydrogen-bond donors (Lipinski definition) is 2. The van der Waals surface area contributed by atoms with Gasteiger partial charge in [0.05, 0.1) is 12.8 Å². The monoisotopic (exact) mass is 254 g/mol. The molecule has 1 rings (SSSR count). The Bertz CT molecular complexity index is 320. The highest BCUT2D eigenvalue weighted by Crippen LogP contribution is 2.24. The van der Waals surface area contributed by atoms with Gasteiger partial charge in [-0.2, -0.15) is 11.8 Å². The summed E-state index contributed by atoms with van der Waals surface area (Å²) in [6, 6.07) is 8.25. The number of benzene rings is 1. The third-order valence-electron chi connectivity index (χ3n) is 2.57. The van der Waals surface area contributed by atoms with E-state index in [9.17, 15) is 0 Å². The lowest BCUT2D eigenvalue weighted by Gasteiger charge is -2.19. The number of thioether (sulfide) groups is 1. The smallest absolute Gasteiger partial charge is 0.141 e. The molecule has 96 valence electrons. The molecule has 4 heteroatoms. The number of para-hydroxylation sites is 2. The summed E-state index contributed by atoms with van der Waals surface area (Å²) < 4.78 is 5.31. The van der Waals surface area contributed by atoms with E-state index in [1.54, 1.807) is 7.11 Å². The van der Waals surface area contributed by atoms with E-state index in [1.807, 2.05) is 36.0 Å². The van der Waals surface area contributed by atoms with E-state index in [2.05, 4.69) is 12.2 Å². The lowest BCUT2D eigenvalue weighted by Crippen LogP contribution is -2.29. The van der Waals surface area contributed by atoms with Crippen LogP contribution in [0.3, 0.4) is 0 Å². The molecule has 1 aromatic carbocycles. The normalized spacial score (nSPS) is 12.2. The van der Waals surface area contributed by atoms with Gasteiger partial charge in [-0.25, -0.2) is 0 Å². The summed E-state index contributed by atoms with van der Waals surface area (Å²) in [5.74, 6) is 3.17. The first kappa shape index (κ1) is 14.2. The predicted octanol–water partition coefficient (Wildman–Crippen LogP) is 2.58. The first-order chi connectivity index (χ1) is 8.31. The Hall–Kier alpha value is -0.870. The zero-order valence-corrected chi connectivity index (χ0v) is 11.4. The number of methoxy groups -OCH3 is 1. The Balaban J connectivity index is 2.54. The van der Waals surface area contributed by atoms with Gasteiger partial charge in [-0.1, -0.05) is 19.1 Å². The number of anilines is 1. The topological polar surface area (TPSA) is 47.3 Å². The van der Waals surface area contributed by atoms with E-state index in [1.165, 1.54) is 0 Å². The van der Waals surface area contributed by atoms with Crippen molar-refractivity contribution in [2.24, 2.45) is 5.73 Å². The molecule has 0 bridgehead atoms. The van der Waals surface area contributed by atoms with Crippen LogP contribution >= 0.6 is 11.8 Å². The number of nitrogens with two attached hydrogens (primary N) is 1. The number of nitrogens with one attached hydrogen (secondary N) is 1. The maximum atomic E-state index is 5.78. The molecule has 0 aliphatic carbocycles. The highest BCUT2D eigenvalue weighted by molar-refractivity contribution is 7.99. The first-order valence-corrected chi connectivity index (χ1v) is 7.14. The second kappa shape index (κ2) is 8.25. The molecule has 0 saturated heterocycles. The molecule has 1 aromatic rings. The highest BCUT2D eigenvalue weighted by atomic mass is 32.2. The SMILES string of the molecule is CCSCCC(CN)Nc1ccccc1OC. The van der Waals surface area contributed by atoms with Crippen molar-refractivity contribution in [3.8, 4) is 5.75 Å². The Kier molecular flexibility index (Phi) is 6.89. The summed E-state index contributed by atoms with van der Waals surface area (Å²) in [6.07, 6.45) is 1.08. The van der Waals surface area contributed by atoms with Crippen LogP contribution in [0.2, 0.25) is 0 Å². The summed E-state index contributed by atoms with van der Waals surface area (Å²) in [5, 5.41) is 3.44. The Morgan fingerprint density at radius 1 is 1.41 bits per heavy atom. The van der Waals surface area contributed by atoms with Crippen molar-refractivity contribution >= 4 is 17.4 Å². The van der Waals surface area contributed by atoms with Crippen LogP contribution in [0.5, 0.6) is 5.75 Å². The molecule has 1 unspecified atom stereocenters. The number of rotatable bonds is 8. The minimum Gasteiger partial charge on any atom is -0.495 e. The molecule has 0 fully saturated rings. The average molecular weight is 254 g/mol. The molecule has 3 N–H and O–H groups in total. The summed E-state index contributed by atoms with van der Waals surface area (Å²) in [5.41, 5.74) is 6.80. The Morgan fingerprint density at radius 3 is 2.82 bits per heavy atom. The molecule has 3 nitrogen and oxygen atoms in total. The number of hydrogen-bond acceptors (Lipinski definition) is 4. The maximum absolute atomic E-state index is 5.78. The number of ether oxygens (including phenoxy) is 1. The van der Waals surface area contributed by atoms with Crippen LogP contribution in [-0.4, -0.2) is 31.2 Å². The highest BCUT2D eigenvalue weighted by Gasteiger charge is 2.08. The lowest BCUT2D eigenvalue weighted by molar-refractivity contribution is 0.416. The van der Waals surface area contributed by atoms with Gasteiger partial charge in [0.25, 0.3) is 0 Å². The van der Waals surface area contributed by atoms with Gasteiger partial charge in [-0.05, 0) is 30.1 Å². The van der Waals surface area contributed by atoms with E-state index in [4.69, 9.17) is 10.5 Å². The van der Waals surface area contributed by atoms with Crippen molar-refractivity contribution in [2.45, 2.75) is 19.4 Å². The fraction of sp³-hybridized carbons (Fsp3) is 0.538. The molecule has 0 spiro atoms. The van der Waals surface area contributed by atoms with Gasteiger partial charge in [0.1, 0.15) is 5.75 Å². The maximum Gasteiger partial charge on any atom is 0.141 e. The largest absolute Gasteiger partial charge is 0.495 e. The molecule has 0 saturated carbocycles. The zero-order chi connectivity index (χ0) is 12.5. The van der Waals surface area contributed by atoms with E-state index in [-0.39, 0.29) is 0 Å². The van der Waals surface area contributed by atoms with Gasteiger partial charge in [0.2, 0.25) is 0 Å². The lowest BCUT2D eigenvalue weighted by atomic mass is 10.2. The van der Waals surface area contributed by atoms with Gasteiger partial charge in [0, 0.05) is 12.6 Å². The Morgan fingerprint density at radius 2 is 2.18 bits per heavy atom. The average Bonchev–Trinajstić information content (AvgIpc) is 2.38. The molecule has 0 aromatic heterocycles. The van der Waals surface area contributed by atoms with E-state index < -0.39 is 0 Å². The van der Waals surface area contributed by atoms with Crippen LogP contribution in [0.25, 0.3) is 0 Å². The van der Waals surface area contributed by atoms with Crippen LogP contribution < -0.4 is 15.8 Å². The van der Waals surface area contributed by atoms with E-state index in [0.717, 1.165) is 29.4 Å². The molecule has 0 heterocycles. The van der Waals surface area contributed by atoms with E-state index >= 15 is 0 Å². The van der Waals surface area contributed by atoms with Crippen molar-refractivity contribution in [1.29, 1.82) is 0 Å². The Labute approximate surface area is 108 Å². The first-order valence-electron chi connectivity index (χ1n) is 5.99. The summed E-state index contributed by atoms with van der Waals surface area (Å²) >= 11 is 1.95. The minimum absolute atomic E-state index is 0.311. The van der Waals surface area contributed by atoms with Crippen molar-refractivity contribution in [3.63, 3.8) is 0 Å². The van der Waals surface area contributed by atoms with Gasteiger partial charge < -0.3 is 15.8 Å². The molecule has 0 aliphatic heterocycles. The minimum atomic E-state index is 0.311. The second-order valence-electron chi connectivity index (χ2n) is 3.76. The van der Waals surface area contributed by atoms with Crippen LogP contribution in [0.15, 0.2) is 24.3 Å². The second-order valence-corrected chi connectivity index (χ2v) is 5.16. The third-order valence-corrected chi connectivity index (χ3v) is 3.50. The molecule has 0 aliphatic rings. The summed E-state index contributed by atoms with van der Waals surface area (Å²) in [6.45, 7) is 2.82.